The fourth-order valence-electron chi connectivity index (χ4n) is 3.59. The van der Waals surface area contributed by atoms with E-state index in [-0.39, 0.29) is 37.3 Å². The molecular weight excluding hydrogens is 451 g/mol. The average Bonchev–Trinajstić information content (AvgIpc) is 3.39. The molecule has 0 unspecified atom stereocenters. The van der Waals surface area contributed by atoms with Crippen LogP contribution < -0.4 is 4.74 Å². The largest absolute Gasteiger partial charge is 0.497 e. The van der Waals surface area contributed by atoms with Crippen molar-refractivity contribution in [1.29, 1.82) is 0 Å². The molecule has 0 spiro atoms. The Balaban J connectivity index is 1.79. The fourth-order valence-corrected chi connectivity index (χ4v) is 3.59. The average molecular weight is 483 g/mol. The van der Waals surface area contributed by atoms with Gasteiger partial charge in [0.2, 0.25) is 5.91 Å². The van der Waals surface area contributed by atoms with E-state index in [1.807, 2.05) is 6.92 Å². The van der Waals surface area contributed by atoms with E-state index < -0.39 is 0 Å². The lowest BCUT2D eigenvalue weighted by molar-refractivity contribution is -0.133. The molecule has 0 aliphatic heterocycles. The third kappa shape index (κ3) is 7.96. The Hall–Kier alpha value is -3.65. The minimum absolute atomic E-state index is 0.121. The van der Waals surface area contributed by atoms with E-state index in [1.165, 1.54) is 24.1 Å². The van der Waals surface area contributed by atoms with Gasteiger partial charge in [-0.1, -0.05) is 18.2 Å². The van der Waals surface area contributed by atoms with Crippen LogP contribution in [0.1, 0.15) is 35.0 Å². The molecule has 0 aliphatic carbocycles. The summed E-state index contributed by atoms with van der Waals surface area (Å²) < 4.78 is 29.5. The van der Waals surface area contributed by atoms with Crippen molar-refractivity contribution in [3.8, 4) is 5.75 Å². The van der Waals surface area contributed by atoms with Gasteiger partial charge in [0.05, 0.1) is 19.9 Å². The number of carbonyl (C=O) groups excluding carboxylic acids is 2. The molecule has 0 N–H and O–H groups in total. The molecule has 35 heavy (non-hydrogen) atoms. The number of furan rings is 1. The predicted molar refractivity (Wildman–Crippen MR) is 129 cm³/mol. The van der Waals surface area contributed by atoms with Gasteiger partial charge in [-0.25, -0.2) is 4.39 Å². The lowest BCUT2D eigenvalue weighted by atomic mass is 10.1. The molecule has 0 radical (unpaired) electrons. The molecule has 1 aromatic heterocycles. The molecule has 1 heterocycles. The number of halogens is 1. The van der Waals surface area contributed by atoms with E-state index in [9.17, 15) is 14.0 Å². The van der Waals surface area contributed by atoms with Gasteiger partial charge < -0.3 is 23.7 Å². The molecule has 0 bridgehead atoms. The maximum Gasteiger partial charge on any atom is 0.254 e. The highest BCUT2D eigenvalue weighted by molar-refractivity contribution is 5.96. The van der Waals surface area contributed by atoms with Crippen LogP contribution in [0.25, 0.3) is 0 Å². The summed E-state index contributed by atoms with van der Waals surface area (Å²) in [7, 11) is 1.54. The Kier molecular flexibility index (Phi) is 9.86. The van der Waals surface area contributed by atoms with Crippen molar-refractivity contribution < 1.29 is 27.9 Å². The van der Waals surface area contributed by atoms with E-state index >= 15 is 0 Å². The normalized spacial score (nSPS) is 10.7. The molecule has 0 atom stereocenters. The summed E-state index contributed by atoms with van der Waals surface area (Å²) in [4.78, 5) is 29.9. The lowest BCUT2D eigenvalue weighted by Crippen LogP contribution is -2.43. The second-order valence-electron chi connectivity index (χ2n) is 7.96. The quantitative estimate of drug-likeness (QED) is 0.335. The van der Waals surface area contributed by atoms with Crippen molar-refractivity contribution >= 4 is 11.8 Å². The topological polar surface area (TPSA) is 72.2 Å². The third-order valence-corrected chi connectivity index (χ3v) is 5.42. The zero-order valence-electron chi connectivity index (χ0n) is 20.1. The SMILES string of the molecule is CCOCCCN(CC(=O)N(Cc1ccc(F)cc1)Cc1ccco1)C(=O)c1cccc(OC)c1. The van der Waals surface area contributed by atoms with E-state index in [0.717, 1.165) is 5.56 Å². The highest BCUT2D eigenvalue weighted by Gasteiger charge is 2.23. The molecule has 8 heteroatoms. The standard InChI is InChI=1S/C27H31FN2O5/c1-3-34-15-6-14-29(27(32)22-7-4-8-24(17-22)33-2)20-26(31)30(19-25-9-5-16-35-25)18-21-10-12-23(28)13-11-21/h4-5,7-13,16-17H,3,6,14-15,18-20H2,1-2H3. The summed E-state index contributed by atoms with van der Waals surface area (Å²) in [5.41, 5.74) is 1.21. The molecular formula is C27H31FN2O5. The molecule has 0 fully saturated rings. The van der Waals surface area contributed by atoms with Crippen LogP contribution in [-0.2, 0) is 22.6 Å². The first-order chi connectivity index (χ1) is 17.0. The van der Waals surface area contributed by atoms with Gasteiger partial charge in [-0.2, -0.15) is 0 Å². The second-order valence-corrected chi connectivity index (χ2v) is 7.96. The van der Waals surface area contributed by atoms with Gasteiger partial charge in [0, 0.05) is 31.9 Å². The van der Waals surface area contributed by atoms with E-state index in [4.69, 9.17) is 13.9 Å². The number of amides is 2. The van der Waals surface area contributed by atoms with Crippen LogP contribution in [0.2, 0.25) is 0 Å². The zero-order valence-corrected chi connectivity index (χ0v) is 20.1. The Morgan fingerprint density at radius 3 is 2.49 bits per heavy atom. The summed E-state index contributed by atoms with van der Waals surface area (Å²) in [5.74, 6) is 0.309. The van der Waals surface area contributed by atoms with Crippen LogP contribution in [-0.4, -0.2) is 55.0 Å². The maximum atomic E-state index is 13.5. The smallest absolute Gasteiger partial charge is 0.254 e. The van der Waals surface area contributed by atoms with Crippen LogP contribution in [0.3, 0.4) is 0 Å². The van der Waals surface area contributed by atoms with Gasteiger partial charge in [0.25, 0.3) is 5.91 Å². The van der Waals surface area contributed by atoms with E-state index in [0.29, 0.717) is 43.3 Å². The molecule has 3 aromatic rings. The van der Waals surface area contributed by atoms with Crippen molar-refractivity contribution in [2.45, 2.75) is 26.4 Å². The molecule has 0 saturated heterocycles. The van der Waals surface area contributed by atoms with Gasteiger partial charge >= 0.3 is 0 Å². The first kappa shape index (κ1) is 26.0. The fraction of sp³-hybridized carbons (Fsp3) is 0.333. The maximum absolute atomic E-state index is 13.5. The van der Waals surface area contributed by atoms with Crippen molar-refractivity contribution in [2.24, 2.45) is 0 Å². The van der Waals surface area contributed by atoms with Crippen LogP contribution >= 0.6 is 0 Å². The number of hydrogen-bond acceptors (Lipinski definition) is 5. The predicted octanol–water partition coefficient (Wildman–Crippen LogP) is 4.53. The molecule has 7 nitrogen and oxygen atoms in total. The summed E-state index contributed by atoms with van der Waals surface area (Å²) in [6, 6.07) is 16.4. The summed E-state index contributed by atoms with van der Waals surface area (Å²) >= 11 is 0. The molecule has 3 rings (SSSR count). The van der Waals surface area contributed by atoms with Gasteiger partial charge in [-0.3, -0.25) is 9.59 Å². The zero-order chi connectivity index (χ0) is 25.0. The summed E-state index contributed by atoms with van der Waals surface area (Å²) in [6.45, 7) is 3.68. The number of carbonyl (C=O) groups is 2. The molecule has 0 aliphatic rings. The molecule has 186 valence electrons. The molecule has 2 aromatic carbocycles. The highest BCUT2D eigenvalue weighted by Crippen LogP contribution is 2.17. The van der Waals surface area contributed by atoms with Gasteiger partial charge in [-0.05, 0) is 61.4 Å². The van der Waals surface area contributed by atoms with Gasteiger partial charge in [0.1, 0.15) is 23.9 Å². The monoisotopic (exact) mass is 482 g/mol. The van der Waals surface area contributed by atoms with Crippen molar-refractivity contribution in [3.63, 3.8) is 0 Å². The number of ether oxygens (including phenoxy) is 2. The Labute approximate surface area is 205 Å². The van der Waals surface area contributed by atoms with Gasteiger partial charge in [-0.15, -0.1) is 0 Å². The van der Waals surface area contributed by atoms with E-state index in [2.05, 4.69) is 0 Å². The first-order valence-corrected chi connectivity index (χ1v) is 11.6. The molecule has 2 amide bonds. The van der Waals surface area contributed by atoms with Crippen LogP contribution in [0, 0.1) is 5.82 Å². The minimum Gasteiger partial charge on any atom is -0.497 e. The number of nitrogens with zero attached hydrogens (tertiary/aromatic N) is 2. The second kappa shape index (κ2) is 13.3. The summed E-state index contributed by atoms with van der Waals surface area (Å²) in [5, 5.41) is 0. The lowest BCUT2D eigenvalue weighted by Gasteiger charge is -2.27. The van der Waals surface area contributed by atoms with Crippen LogP contribution in [0.15, 0.2) is 71.3 Å². The number of benzene rings is 2. The Bertz CT molecular complexity index is 1070. The van der Waals surface area contributed by atoms with Crippen LogP contribution in [0.4, 0.5) is 4.39 Å². The highest BCUT2D eigenvalue weighted by atomic mass is 19.1. The van der Waals surface area contributed by atoms with E-state index in [1.54, 1.807) is 59.7 Å². The number of methoxy groups -OCH3 is 1. The Morgan fingerprint density at radius 1 is 1.00 bits per heavy atom. The number of rotatable bonds is 13. The summed E-state index contributed by atoms with van der Waals surface area (Å²) in [6.07, 6.45) is 2.13. The number of hydrogen-bond donors (Lipinski definition) is 0. The molecule has 0 saturated carbocycles. The first-order valence-electron chi connectivity index (χ1n) is 11.6. The minimum atomic E-state index is -0.345. The van der Waals surface area contributed by atoms with Crippen molar-refractivity contribution in [1.82, 2.24) is 9.80 Å². The van der Waals surface area contributed by atoms with Crippen molar-refractivity contribution in [3.05, 3.63) is 89.6 Å². The third-order valence-electron chi connectivity index (χ3n) is 5.42. The van der Waals surface area contributed by atoms with Gasteiger partial charge in [0.15, 0.2) is 0 Å². The van der Waals surface area contributed by atoms with Crippen LogP contribution in [0.5, 0.6) is 5.75 Å². The Morgan fingerprint density at radius 2 is 1.80 bits per heavy atom. The van der Waals surface area contributed by atoms with Crippen molar-refractivity contribution in [2.75, 3.05) is 33.4 Å².